The molecule has 12 nitrogen and oxygen atoms in total. The van der Waals surface area contributed by atoms with Gasteiger partial charge in [-0.15, -0.1) is 0 Å². The van der Waals surface area contributed by atoms with E-state index in [9.17, 15) is 40.5 Å². The first-order valence-electron chi connectivity index (χ1n) is 20.2. The Bertz CT molecular complexity index is 1430. The number of carboxylic acid groups (broad SMARTS) is 1. The minimum absolute atomic E-state index is 0.00935. The Kier molecular flexibility index (Phi) is 10.2. The van der Waals surface area contributed by atoms with E-state index < -0.39 is 73.3 Å². The lowest BCUT2D eigenvalue weighted by atomic mass is 9.33. The highest BCUT2D eigenvalue weighted by Gasteiger charge is 2.69. The molecule has 0 unspecified atom stereocenters. The third-order valence-corrected chi connectivity index (χ3v) is 16.9. The predicted molar refractivity (Wildman–Crippen MR) is 192 cm³/mol. The molecule has 0 amide bonds. The fourth-order valence-electron chi connectivity index (χ4n) is 13.4. The summed E-state index contributed by atoms with van der Waals surface area (Å²) in [6.45, 7) is 15.7. The van der Waals surface area contributed by atoms with Gasteiger partial charge in [0.05, 0.1) is 24.7 Å². The largest absolute Gasteiger partial charge is 0.481 e. The molecule has 2 heterocycles. The zero-order valence-corrected chi connectivity index (χ0v) is 32.7. The van der Waals surface area contributed by atoms with Gasteiger partial charge in [-0.3, -0.25) is 4.79 Å². The molecule has 4 saturated carbocycles. The second-order valence-electron chi connectivity index (χ2n) is 20.2. The molecule has 0 aromatic heterocycles. The van der Waals surface area contributed by atoms with Crippen molar-refractivity contribution in [2.24, 2.45) is 50.2 Å². The van der Waals surface area contributed by atoms with Gasteiger partial charge in [0.25, 0.3) is 0 Å². The van der Waals surface area contributed by atoms with Gasteiger partial charge in [-0.2, -0.15) is 0 Å². The van der Waals surface area contributed by atoms with Gasteiger partial charge in [0.15, 0.2) is 12.6 Å². The van der Waals surface area contributed by atoms with Crippen LogP contribution in [-0.4, -0.2) is 116 Å². The number of hydrogen-bond acceptors (Lipinski definition) is 11. The number of aliphatic hydroxyl groups excluding tert-OH is 6. The van der Waals surface area contributed by atoms with Crippen LogP contribution in [0.1, 0.15) is 113 Å². The molecular weight excluding hydrogens is 684 g/mol. The molecular formula is C41H66O12. The molecule has 0 aromatic carbocycles. The monoisotopic (exact) mass is 750 g/mol. The quantitative estimate of drug-likeness (QED) is 0.155. The van der Waals surface area contributed by atoms with E-state index in [4.69, 9.17) is 18.9 Å². The van der Waals surface area contributed by atoms with Crippen LogP contribution < -0.4 is 0 Å². The van der Waals surface area contributed by atoms with Gasteiger partial charge in [-0.25, -0.2) is 0 Å². The van der Waals surface area contributed by atoms with Crippen LogP contribution in [-0.2, 0) is 23.7 Å². The maximum Gasteiger partial charge on any atom is 0.310 e. The average Bonchev–Trinajstić information content (AvgIpc) is 3.08. The smallest absolute Gasteiger partial charge is 0.310 e. The van der Waals surface area contributed by atoms with E-state index in [0.717, 1.165) is 64.2 Å². The van der Waals surface area contributed by atoms with Crippen LogP contribution in [0, 0.1) is 50.2 Å². The molecule has 2 aliphatic heterocycles. The lowest BCUT2D eigenvalue weighted by Crippen LogP contribution is -2.66. The molecule has 53 heavy (non-hydrogen) atoms. The van der Waals surface area contributed by atoms with Gasteiger partial charge >= 0.3 is 5.97 Å². The summed E-state index contributed by atoms with van der Waals surface area (Å²) >= 11 is 0. The van der Waals surface area contributed by atoms with Crippen molar-refractivity contribution in [1.29, 1.82) is 0 Å². The van der Waals surface area contributed by atoms with Crippen molar-refractivity contribution >= 4 is 5.97 Å². The number of carbonyl (C=O) groups is 1. The fourth-order valence-corrected chi connectivity index (χ4v) is 13.4. The Labute approximate surface area is 314 Å². The SMILES string of the molecule is CC1(C)CC[C@]2(C(=O)O)CC[C@]3(C)C(=CC[C@@H]4[C@@]5(C)CC[C@H](O[C@@H]6OC[C@@H](O)[C@H](O)[C@H]6O[C@@H]6O[C@H](CO)[C@@H](O)[C@H](O)[C@H]6O)C(C)(C)[C@@H]5CC[C@]43C)[C@@H]2C1. The average molecular weight is 751 g/mol. The van der Waals surface area contributed by atoms with E-state index in [2.05, 4.69) is 54.5 Å². The van der Waals surface area contributed by atoms with Crippen molar-refractivity contribution in [2.75, 3.05) is 13.2 Å². The first-order chi connectivity index (χ1) is 24.7. The van der Waals surface area contributed by atoms with Gasteiger partial charge in [0.1, 0.15) is 42.7 Å². The number of ether oxygens (including phenoxy) is 4. The molecule has 0 aromatic rings. The summed E-state index contributed by atoms with van der Waals surface area (Å²) in [4.78, 5) is 13.0. The normalized spacial score (nSPS) is 53.3. The molecule has 0 radical (unpaired) electrons. The topological polar surface area (TPSA) is 196 Å². The third kappa shape index (κ3) is 5.94. The van der Waals surface area contributed by atoms with Crippen molar-refractivity contribution in [2.45, 2.75) is 174 Å². The molecule has 7 N–H and O–H groups in total. The van der Waals surface area contributed by atoms with E-state index in [1.54, 1.807) is 0 Å². The fraction of sp³-hybridized carbons (Fsp3) is 0.927. The van der Waals surface area contributed by atoms with Crippen LogP contribution in [0.2, 0.25) is 0 Å². The van der Waals surface area contributed by atoms with Crippen LogP contribution in [0.15, 0.2) is 11.6 Å². The molecule has 7 aliphatic rings. The Morgan fingerprint density at radius 1 is 0.811 bits per heavy atom. The summed E-state index contributed by atoms with van der Waals surface area (Å²) in [7, 11) is 0. The van der Waals surface area contributed by atoms with Crippen molar-refractivity contribution in [1.82, 2.24) is 0 Å². The van der Waals surface area contributed by atoms with Gasteiger partial charge in [-0.1, -0.05) is 60.1 Å². The number of aliphatic hydroxyl groups is 6. The van der Waals surface area contributed by atoms with Gasteiger partial charge in [0.2, 0.25) is 0 Å². The third-order valence-electron chi connectivity index (χ3n) is 16.9. The molecule has 5 aliphatic carbocycles. The number of rotatable bonds is 6. The highest BCUT2D eigenvalue weighted by molar-refractivity contribution is 5.76. The Hall–Kier alpha value is -1.19. The molecule has 0 bridgehead atoms. The number of carboxylic acids is 1. The standard InChI is InChI=1S/C41H66O12/c1-36(2)14-16-41(35(48)49)17-15-39(6)21(22(41)18-36)8-9-26-38(5)12-11-27(37(3,4)25(38)10-13-40(26,39)7)52-34-32(28(44)23(43)20-50-34)53-33-31(47)30(46)29(45)24(19-42)51-33/h8,22-34,42-47H,9-20H2,1-7H3,(H,48,49)/t22-,23+,24+,25-,26+,27-,28-,29+,30-,31+,32+,33-,34-,38-,39+,40+,41-/m0/s1. The number of allylic oxidation sites excluding steroid dienone is 2. The maximum atomic E-state index is 13.0. The Balaban J connectivity index is 1.13. The van der Waals surface area contributed by atoms with Gasteiger partial charge in [-0.05, 0) is 109 Å². The minimum atomic E-state index is -1.69. The molecule has 12 heteroatoms. The number of fused-ring (bicyclic) bond motifs is 7. The Morgan fingerprint density at radius 3 is 2.19 bits per heavy atom. The van der Waals surface area contributed by atoms with E-state index in [1.165, 1.54) is 5.57 Å². The van der Waals surface area contributed by atoms with Crippen molar-refractivity contribution in [3.05, 3.63) is 11.6 Å². The molecule has 0 spiro atoms. The highest BCUT2D eigenvalue weighted by atomic mass is 16.8. The van der Waals surface area contributed by atoms with E-state index >= 15 is 0 Å². The van der Waals surface area contributed by atoms with Crippen molar-refractivity contribution in [3.8, 4) is 0 Å². The lowest BCUT2D eigenvalue weighted by molar-refractivity contribution is -0.367. The van der Waals surface area contributed by atoms with Crippen LogP contribution in [0.5, 0.6) is 0 Å². The van der Waals surface area contributed by atoms with Crippen molar-refractivity contribution < 1.29 is 59.5 Å². The lowest BCUT2D eigenvalue weighted by Gasteiger charge is -2.71. The van der Waals surface area contributed by atoms with Crippen LogP contribution in [0.25, 0.3) is 0 Å². The van der Waals surface area contributed by atoms with Crippen molar-refractivity contribution in [3.63, 3.8) is 0 Å². The predicted octanol–water partition coefficient (Wildman–Crippen LogP) is 3.52. The number of hydrogen-bond donors (Lipinski definition) is 7. The van der Waals surface area contributed by atoms with Crippen LogP contribution >= 0.6 is 0 Å². The zero-order valence-electron chi connectivity index (χ0n) is 32.7. The maximum absolute atomic E-state index is 13.0. The van der Waals surface area contributed by atoms with Crippen LogP contribution in [0.4, 0.5) is 0 Å². The number of aliphatic carboxylic acids is 1. The Morgan fingerprint density at radius 2 is 1.51 bits per heavy atom. The first kappa shape index (κ1) is 40.0. The molecule has 6 fully saturated rings. The molecule has 2 saturated heterocycles. The minimum Gasteiger partial charge on any atom is -0.481 e. The summed E-state index contributed by atoms with van der Waals surface area (Å²) in [6, 6.07) is 0. The van der Waals surface area contributed by atoms with E-state index in [1.807, 2.05) is 0 Å². The first-order valence-corrected chi connectivity index (χ1v) is 20.2. The van der Waals surface area contributed by atoms with Gasteiger partial charge in [0, 0.05) is 0 Å². The summed E-state index contributed by atoms with van der Waals surface area (Å²) in [5.41, 5.74) is 0.450. The van der Waals surface area contributed by atoms with E-state index in [0.29, 0.717) is 11.8 Å². The molecule has 7 rings (SSSR count). The van der Waals surface area contributed by atoms with Gasteiger partial charge < -0.3 is 54.7 Å². The highest BCUT2D eigenvalue weighted by Crippen LogP contribution is 2.76. The summed E-state index contributed by atoms with van der Waals surface area (Å²) < 4.78 is 24.3. The molecule has 17 atom stereocenters. The zero-order chi connectivity index (χ0) is 38.7. The molecule has 302 valence electrons. The summed E-state index contributed by atoms with van der Waals surface area (Å²) in [5, 5.41) is 73.3. The van der Waals surface area contributed by atoms with E-state index in [-0.39, 0.29) is 45.7 Å². The summed E-state index contributed by atoms with van der Waals surface area (Å²) in [6.07, 6.45) is -1.79. The second-order valence-corrected chi connectivity index (χ2v) is 20.2. The second kappa shape index (κ2) is 13.5. The van der Waals surface area contributed by atoms with Crippen LogP contribution in [0.3, 0.4) is 0 Å². The summed E-state index contributed by atoms with van der Waals surface area (Å²) in [5.74, 6) is 0.147.